The predicted octanol–water partition coefficient (Wildman–Crippen LogP) is 2.53. The molecule has 0 aromatic heterocycles. The number of hydrogen-bond donors (Lipinski definition) is 1. The molecule has 0 aromatic carbocycles. The zero-order valence-corrected chi connectivity index (χ0v) is 10.6. The van der Waals surface area contributed by atoms with Crippen molar-refractivity contribution < 1.29 is 0 Å². The second-order valence-electron chi connectivity index (χ2n) is 6.22. The summed E-state index contributed by atoms with van der Waals surface area (Å²) in [4.78, 5) is 2.64. The van der Waals surface area contributed by atoms with Crippen LogP contribution in [0.15, 0.2) is 0 Å². The molecule has 1 aliphatic carbocycles. The Bertz CT molecular complexity index is 221. The van der Waals surface area contributed by atoms with Crippen LogP contribution in [0.3, 0.4) is 0 Å². The summed E-state index contributed by atoms with van der Waals surface area (Å²) in [5.74, 6) is 0. The maximum atomic E-state index is 3.95. The highest BCUT2D eigenvalue weighted by Gasteiger charge is 2.38. The fraction of sp³-hybridized carbons (Fsp3) is 1.00. The highest BCUT2D eigenvalue weighted by molar-refractivity contribution is 4.96. The van der Waals surface area contributed by atoms with Crippen LogP contribution in [0.4, 0.5) is 0 Å². The molecule has 1 saturated carbocycles. The molecule has 2 saturated heterocycles. The minimum atomic E-state index is 0.830. The average molecular weight is 222 g/mol. The summed E-state index contributed by atoms with van der Waals surface area (Å²) in [6.45, 7) is 0. The van der Waals surface area contributed by atoms with Crippen molar-refractivity contribution in [2.24, 2.45) is 0 Å². The van der Waals surface area contributed by atoms with Crippen LogP contribution in [0.5, 0.6) is 0 Å². The van der Waals surface area contributed by atoms with Gasteiger partial charge in [0.1, 0.15) is 0 Å². The Hall–Kier alpha value is -0.0800. The second kappa shape index (κ2) is 4.66. The van der Waals surface area contributed by atoms with Crippen molar-refractivity contribution in [3.63, 3.8) is 0 Å². The first-order chi connectivity index (χ1) is 7.83. The average Bonchev–Trinajstić information content (AvgIpc) is 2.54. The van der Waals surface area contributed by atoms with Gasteiger partial charge >= 0.3 is 0 Å². The summed E-state index contributed by atoms with van der Waals surface area (Å²) in [6, 6.07) is 3.46. The van der Waals surface area contributed by atoms with Crippen LogP contribution in [0.1, 0.15) is 57.8 Å². The second-order valence-corrected chi connectivity index (χ2v) is 6.22. The Balaban J connectivity index is 1.53. The lowest BCUT2D eigenvalue weighted by Crippen LogP contribution is -2.50. The lowest BCUT2D eigenvalue weighted by Gasteiger charge is -2.39. The molecule has 1 N–H and O–H groups in total. The third kappa shape index (κ3) is 2.14. The molecule has 3 fully saturated rings. The van der Waals surface area contributed by atoms with Gasteiger partial charge in [0, 0.05) is 24.2 Å². The van der Waals surface area contributed by atoms with Crippen molar-refractivity contribution in [2.75, 3.05) is 7.05 Å². The molecule has 2 atom stereocenters. The molecular formula is C14H26N2. The lowest BCUT2D eigenvalue weighted by molar-refractivity contribution is 0.139. The standard InChI is InChI=1S/C14H26N2/c1-16-13-7-8-14(16)10-12(9-13)15-11-5-3-2-4-6-11/h11-15H,2-10H2,1H3/t13-,14-/m0/s1. The van der Waals surface area contributed by atoms with Gasteiger partial charge in [-0.15, -0.1) is 0 Å². The zero-order valence-electron chi connectivity index (χ0n) is 10.6. The molecule has 0 radical (unpaired) electrons. The van der Waals surface area contributed by atoms with E-state index in [4.69, 9.17) is 0 Å². The largest absolute Gasteiger partial charge is 0.311 e. The van der Waals surface area contributed by atoms with Crippen molar-refractivity contribution >= 4 is 0 Å². The smallest absolute Gasteiger partial charge is 0.0111 e. The summed E-state index contributed by atoms with van der Waals surface area (Å²) in [6.07, 6.45) is 13.0. The van der Waals surface area contributed by atoms with Gasteiger partial charge in [-0.1, -0.05) is 19.3 Å². The highest BCUT2D eigenvalue weighted by atomic mass is 15.2. The normalized spacial score (nSPS) is 41.4. The summed E-state index contributed by atoms with van der Waals surface area (Å²) in [5.41, 5.74) is 0. The summed E-state index contributed by atoms with van der Waals surface area (Å²) in [5, 5.41) is 3.95. The molecular weight excluding hydrogens is 196 g/mol. The third-order valence-electron chi connectivity index (χ3n) is 5.17. The van der Waals surface area contributed by atoms with Gasteiger partial charge in [-0.3, -0.25) is 0 Å². The van der Waals surface area contributed by atoms with Crippen molar-refractivity contribution in [3.8, 4) is 0 Å². The predicted molar refractivity (Wildman–Crippen MR) is 67.6 cm³/mol. The summed E-state index contributed by atoms with van der Waals surface area (Å²) in [7, 11) is 2.33. The van der Waals surface area contributed by atoms with Gasteiger partial charge in [0.15, 0.2) is 0 Å². The van der Waals surface area contributed by atoms with Gasteiger partial charge in [-0.25, -0.2) is 0 Å². The van der Waals surface area contributed by atoms with Gasteiger partial charge < -0.3 is 10.2 Å². The molecule has 2 bridgehead atoms. The highest BCUT2D eigenvalue weighted by Crippen LogP contribution is 2.34. The molecule has 0 spiro atoms. The van der Waals surface area contributed by atoms with Crippen LogP contribution in [0.2, 0.25) is 0 Å². The van der Waals surface area contributed by atoms with E-state index in [-0.39, 0.29) is 0 Å². The molecule has 3 rings (SSSR count). The fourth-order valence-corrected chi connectivity index (χ4v) is 4.15. The topological polar surface area (TPSA) is 15.3 Å². The van der Waals surface area contributed by atoms with Gasteiger partial charge in [0.25, 0.3) is 0 Å². The van der Waals surface area contributed by atoms with Crippen LogP contribution in [-0.4, -0.2) is 36.1 Å². The Kier molecular flexibility index (Phi) is 3.21. The van der Waals surface area contributed by atoms with Gasteiger partial charge in [-0.2, -0.15) is 0 Å². The van der Waals surface area contributed by atoms with E-state index in [0.29, 0.717) is 0 Å². The van der Waals surface area contributed by atoms with Crippen LogP contribution < -0.4 is 5.32 Å². The van der Waals surface area contributed by atoms with E-state index in [0.717, 1.165) is 24.2 Å². The van der Waals surface area contributed by atoms with Crippen LogP contribution in [0, 0.1) is 0 Å². The molecule has 2 heterocycles. The quantitative estimate of drug-likeness (QED) is 0.772. The monoisotopic (exact) mass is 222 g/mol. The molecule has 0 unspecified atom stereocenters. The van der Waals surface area contributed by atoms with Crippen molar-refractivity contribution in [1.29, 1.82) is 0 Å². The number of rotatable bonds is 2. The van der Waals surface area contributed by atoms with Crippen LogP contribution in [0.25, 0.3) is 0 Å². The molecule has 2 nitrogen and oxygen atoms in total. The molecule has 92 valence electrons. The SMILES string of the molecule is CN1[C@H]2CC[C@H]1CC(NC1CCCCC1)C2. The Morgan fingerprint density at radius 1 is 0.812 bits per heavy atom. The minimum absolute atomic E-state index is 0.830. The summed E-state index contributed by atoms with van der Waals surface area (Å²) >= 11 is 0. The van der Waals surface area contributed by atoms with E-state index in [1.165, 1.54) is 57.8 Å². The van der Waals surface area contributed by atoms with Crippen molar-refractivity contribution in [1.82, 2.24) is 10.2 Å². The van der Waals surface area contributed by atoms with Crippen molar-refractivity contribution in [3.05, 3.63) is 0 Å². The molecule has 16 heavy (non-hydrogen) atoms. The third-order valence-corrected chi connectivity index (χ3v) is 5.17. The van der Waals surface area contributed by atoms with Crippen LogP contribution >= 0.6 is 0 Å². The van der Waals surface area contributed by atoms with Crippen LogP contribution in [-0.2, 0) is 0 Å². The minimum Gasteiger partial charge on any atom is -0.311 e. The number of fused-ring (bicyclic) bond motifs is 2. The van der Waals surface area contributed by atoms with Gasteiger partial charge in [0.05, 0.1) is 0 Å². The first-order valence-electron chi connectivity index (χ1n) is 7.31. The fourth-order valence-electron chi connectivity index (χ4n) is 4.15. The zero-order chi connectivity index (χ0) is 11.0. The number of nitrogens with one attached hydrogen (secondary N) is 1. The maximum absolute atomic E-state index is 3.95. The molecule has 2 heteroatoms. The first-order valence-corrected chi connectivity index (χ1v) is 7.31. The van der Waals surface area contributed by atoms with Gasteiger partial charge in [-0.05, 0) is 45.6 Å². The van der Waals surface area contributed by atoms with E-state index >= 15 is 0 Å². The van der Waals surface area contributed by atoms with E-state index in [9.17, 15) is 0 Å². The van der Waals surface area contributed by atoms with E-state index in [1.54, 1.807) is 0 Å². The number of piperidine rings is 1. The van der Waals surface area contributed by atoms with Crippen molar-refractivity contribution in [2.45, 2.75) is 82.0 Å². The Morgan fingerprint density at radius 3 is 2.06 bits per heavy atom. The first kappa shape index (κ1) is 11.0. The summed E-state index contributed by atoms with van der Waals surface area (Å²) < 4.78 is 0. The molecule has 3 aliphatic rings. The number of nitrogens with zero attached hydrogens (tertiary/aromatic N) is 1. The Labute approximate surface area is 99.8 Å². The van der Waals surface area contributed by atoms with E-state index < -0.39 is 0 Å². The van der Waals surface area contributed by atoms with Gasteiger partial charge in [0.2, 0.25) is 0 Å². The molecule has 2 aliphatic heterocycles. The number of hydrogen-bond acceptors (Lipinski definition) is 2. The maximum Gasteiger partial charge on any atom is 0.0111 e. The molecule has 0 amide bonds. The van der Waals surface area contributed by atoms with E-state index in [1.807, 2.05) is 0 Å². The molecule has 0 aromatic rings. The lowest BCUT2D eigenvalue weighted by atomic mass is 9.92. The van der Waals surface area contributed by atoms with E-state index in [2.05, 4.69) is 17.3 Å². The Morgan fingerprint density at radius 2 is 1.44 bits per heavy atom.